The van der Waals surface area contributed by atoms with Crippen molar-refractivity contribution in [1.29, 1.82) is 0 Å². The molecule has 14 heavy (non-hydrogen) atoms. The van der Waals surface area contributed by atoms with Crippen LogP contribution in [0, 0.1) is 5.92 Å². The minimum absolute atomic E-state index is 0.309. The van der Waals surface area contributed by atoms with Crippen LogP contribution in [0.3, 0.4) is 0 Å². The molecule has 3 N–H and O–H groups in total. The maximum absolute atomic E-state index is 10.8. The van der Waals surface area contributed by atoms with Crippen molar-refractivity contribution in [2.24, 2.45) is 5.92 Å². The zero-order valence-corrected chi connectivity index (χ0v) is 8.23. The van der Waals surface area contributed by atoms with Gasteiger partial charge in [-0.05, 0) is 30.5 Å². The lowest BCUT2D eigenvalue weighted by Crippen LogP contribution is -2.15. The van der Waals surface area contributed by atoms with Crippen molar-refractivity contribution in [3.8, 4) is 0 Å². The van der Waals surface area contributed by atoms with Gasteiger partial charge in [0.1, 0.15) is 0 Å². The van der Waals surface area contributed by atoms with E-state index >= 15 is 0 Å². The highest BCUT2D eigenvalue weighted by atomic mass is 16.4. The highest BCUT2D eigenvalue weighted by Gasteiger charge is 2.15. The minimum Gasteiger partial charge on any atom is -0.481 e. The monoisotopic (exact) mass is 193 g/mol. The van der Waals surface area contributed by atoms with Gasteiger partial charge in [0, 0.05) is 5.69 Å². The number of benzene rings is 1. The van der Waals surface area contributed by atoms with Crippen LogP contribution in [0.4, 0.5) is 5.69 Å². The number of aliphatic carboxylic acids is 1. The molecule has 0 aliphatic rings. The fraction of sp³-hybridized carbons (Fsp3) is 0.364. The fourth-order valence-corrected chi connectivity index (χ4v) is 1.41. The summed E-state index contributed by atoms with van der Waals surface area (Å²) in [5.74, 6) is -1.05. The molecule has 0 amide bonds. The third-order valence-corrected chi connectivity index (χ3v) is 2.28. The van der Waals surface area contributed by atoms with Gasteiger partial charge in [-0.1, -0.05) is 19.1 Å². The van der Waals surface area contributed by atoms with Crippen LogP contribution in [0.25, 0.3) is 0 Å². The Balaban J connectivity index is 2.72. The molecule has 0 radical (unpaired) electrons. The molecule has 0 bridgehead atoms. The third-order valence-electron chi connectivity index (χ3n) is 2.28. The Hall–Kier alpha value is -1.51. The van der Waals surface area contributed by atoms with Crippen LogP contribution in [0.15, 0.2) is 24.3 Å². The van der Waals surface area contributed by atoms with Gasteiger partial charge in [0.2, 0.25) is 0 Å². The average Bonchev–Trinajstić information content (AvgIpc) is 2.14. The first kappa shape index (κ1) is 10.6. The van der Waals surface area contributed by atoms with Crippen molar-refractivity contribution in [3.05, 3.63) is 29.8 Å². The van der Waals surface area contributed by atoms with E-state index in [9.17, 15) is 4.79 Å². The lowest BCUT2D eigenvalue weighted by Gasteiger charge is -2.09. The Morgan fingerprint density at radius 3 is 2.79 bits per heavy atom. The Morgan fingerprint density at radius 2 is 2.29 bits per heavy atom. The summed E-state index contributed by atoms with van der Waals surface area (Å²) >= 11 is 0. The second-order valence-electron chi connectivity index (χ2n) is 3.39. The van der Waals surface area contributed by atoms with Gasteiger partial charge in [-0.2, -0.15) is 0 Å². The van der Waals surface area contributed by atoms with E-state index in [4.69, 9.17) is 10.8 Å². The second-order valence-corrected chi connectivity index (χ2v) is 3.39. The average molecular weight is 193 g/mol. The largest absolute Gasteiger partial charge is 0.481 e. The molecule has 0 fully saturated rings. The van der Waals surface area contributed by atoms with Gasteiger partial charge < -0.3 is 10.8 Å². The number of hydrogen-bond acceptors (Lipinski definition) is 2. The van der Waals surface area contributed by atoms with Crippen LogP contribution < -0.4 is 5.73 Å². The molecule has 0 aliphatic heterocycles. The molecule has 76 valence electrons. The highest BCUT2D eigenvalue weighted by Crippen LogP contribution is 2.14. The predicted molar refractivity (Wildman–Crippen MR) is 56.0 cm³/mol. The van der Waals surface area contributed by atoms with E-state index in [1.165, 1.54) is 0 Å². The highest BCUT2D eigenvalue weighted by molar-refractivity contribution is 5.70. The van der Waals surface area contributed by atoms with Crippen molar-refractivity contribution in [2.75, 3.05) is 5.73 Å². The first-order valence-electron chi connectivity index (χ1n) is 4.70. The maximum Gasteiger partial charge on any atom is 0.306 e. The van der Waals surface area contributed by atoms with Crippen LogP contribution >= 0.6 is 0 Å². The lowest BCUT2D eigenvalue weighted by atomic mass is 9.97. The molecule has 1 rings (SSSR count). The molecule has 0 aromatic heterocycles. The van der Waals surface area contributed by atoms with Crippen LogP contribution in [0.1, 0.15) is 18.9 Å². The van der Waals surface area contributed by atoms with E-state index < -0.39 is 5.97 Å². The molecular weight excluding hydrogens is 178 g/mol. The van der Waals surface area contributed by atoms with Gasteiger partial charge in [-0.15, -0.1) is 0 Å². The van der Waals surface area contributed by atoms with Crippen molar-refractivity contribution in [1.82, 2.24) is 0 Å². The number of carboxylic acid groups (broad SMARTS) is 1. The van der Waals surface area contributed by atoms with E-state index in [0.717, 1.165) is 5.56 Å². The topological polar surface area (TPSA) is 63.3 Å². The fourth-order valence-electron chi connectivity index (χ4n) is 1.41. The molecule has 0 saturated carbocycles. The zero-order chi connectivity index (χ0) is 10.6. The molecule has 1 unspecified atom stereocenters. The second kappa shape index (κ2) is 4.65. The van der Waals surface area contributed by atoms with Crippen molar-refractivity contribution < 1.29 is 9.90 Å². The summed E-state index contributed by atoms with van der Waals surface area (Å²) in [5.41, 5.74) is 7.27. The van der Waals surface area contributed by atoms with Gasteiger partial charge in [0.25, 0.3) is 0 Å². The SMILES string of the molecule is CCC(Cc1cccc(N)c1)C(=O)O. The Kier molecular flexibility index (Phi) is 3.51. The van der Waals surface area contributed by atoms with Crippen LogP contribution in [0.5, 0.6) is 0 Å². The first-order chi connectivity index (χ1) is 6.63. The van der Waals surface area contributed by atoms with Gasteiger partial charge in [0.15, 0.2) is 0 Å². The summed E-state index contributed by atoms with van der Waals surface area (Å²) in [4.78, 5) is 10.8. The zero-order valence-electron chi connectivity index (χ0n) is 8.23. The summed E-state index contributed by atoms with van der Waals surface area (Å²) in [6.07, 6.45) is 1.20. The summed E-state index contributed by atoms with van der Waals surface area (Å²) < 4.78 is 0. The Labute approximate surface area is 83.6 Å². The van der Waals surface area contributed by atoms with Crippen LogP contribution in [0.2, 0.25) is 0 Å². The summed E-state index contributed by atoms with van der Waals surface area (Å²) in [6, 6.07) is 7.37. The van der Waals surface area contributed by atoms with Gasteiger partial charge >= 0.3 is 5.97 Å². The van der Waals surface area contributed by atoms with E-state index in [2.05, 4.69) is 0 Å². The van der Waals surface area contributed by atoms with E-state index in [1.807, 2.05) is 25.1 Å². The normalized spacial score (nSPS) is 12.4. The summed E-state index contributed by atoms with van der Waals surface area (Å²) in [5, 5.41) is 8.87. The number of anilines is 1. The smallest absolute Gasteiger partial charge is 0.306 e. The van der Waals surface area contributed by atoms with Crippen molar-refractivity contribution in [2.45, 2.75) is 19.8 Å². The summed E-state index contributed by atoms with van der Waals surface area (Å²) in [7, 11) is 0. The quantitative estimate of drug-likeness (QED) is 0.718. The van der Waals surface area contributed by atoms with Crippen molar-refractivity contribution in [3.63, 3.8) is 0 Å². The summed E-state index contributed by atoms with van der Waals surface area (Å²) in [6.45, 7) is 1.88. The number of hydrogen-bond donors (Lipinski definition) is 2. The molecule has 0 heterocycles. The molecule has 0 saturated heterocycles. The molecule has 1 aromatic rings. The predicted octanol–water partition coefficient (Wildman–Crippen LogP) is 1.92. The third kappa shape index (κ3) is 2.76. The molecule has 0 aliphatic carbocycles. The lowest BCUT2D eigenvalue weighted by molar-refractivity contribution is -0.141. The molecule has 0 spiro atoms. The van der Waals surface area contributed by atoms with Crippen molar-refractivity contribution >= 4 is 11.7 Å². The van der Waals surface area contributed by atoms with Crippen LogP contribution in [-0.4, -0.2) is 11.1 Å². The van der Waals surface area contributed by atoms with E-state index in [-0.39, 0.29) is 5.92 Å². The number of nitrogens with two attached hydrogens (primary N) is 1. The van der Waals surface area contributed by atoms with Crippen LogP contribution in [-0.2, 0) is 11.2 Å². The first-order valence-corrected chi connectivity index (χ1v) is 4.70. The number of carbonyl (C=O) groups is 1. The number of nitrogen functional groups attached to an aromatic ring is 1. The minimum atomic E-state index is -0.741. The number of carboxylic acids is 1. The molecule has 1 atom stereocenters. The molecule has 3 nitrogen and oxygen atoms in total. The Morgan fingerprint density at radius 1 is 1.57 bits per heavy atom. The van der Waals surface area contributed by atoms with Gasteiger partial charge in [-0.3, -0.25) is 4.79 Å². The molecular formula is C11H15NO2. The standard InChI is InChI=1S/C11H15NO2/c1-2-9(11(13)14)6-8-4-3-5-10(12)7-8/h3-5,7,9H,2,6,12H2,1H3,(H,13,14). The maximum atomic E-state index is 10.8. The number of rotatable bonds is 4. The van der Waals surface area contributed by atoms with Gasteiger partial charge in [0.05, 0.1) is 5.92 Å². The molecule has 1 aromatic carbocycles. The van der Waals surface area contributed by atoms with E-state index in [1.54, 1.807) is 6.07 Å². The van der Waals surface area contributed by atoms with E-state index in [0.29, 0.717) is 18.5 Å². The molecule has 3 heteroatoms. The Bertz CT molecular complexity index is 323. The van der Waals surface area contributed by atoms with Gasteiger partial charge in [-0.25, -0.2) is 0 Å².